The lowest BCUT2D eigenvalue weighted by Gasteiger charge is -2.28. The molecule has 0 heterocycles. The zero-order valence-electron chi connectivity index (χ0n) is 12.3. The van der Waals surface area contributed by atoms with Crippen molar-refractivity contribution in [3.05, 3.63) is 59.7 Å². The van der Waals surface area contributed by atoms with Crippen molar-refractivity contribution in [3.8, 4) is 11.5 Å². The molecule has 2 aromatic carbocycles. The largest absolute Gasteiger partial charge is 0.508 e. The van der Waals surface area contributed by atoms with Crippen LogP contribution in [0.2, 0.25) is 0 Å². The Morgan fingerprint density at radius 1 is 0.727 bits per heavy atom. The van der Waals surface area contributed by atoms with Crippen LogP contribution in [0, 0.1) is 0 Å². The van der Waals surface area contributed by atoms with Crippen molar-refractivity contribution in [1.29, 1.82) is 0 Å². The fourth-order valence-electron chi connectivity index (χ4n) is 2.55. The molecule has 0 aliphatic carbocycles. The van der Waals surface area contributed by atoms with Gasteiger partial charge < -0.3 is 10.2 Å². The standard InChI is InChI=1S/C18H20Cl2O2/c19-13-3-1-2-12-18(20,14-4-8-16(21)9-5-14)15-6-10-17(22)11-7-15/h4-11,21-22H,1-3,12-13H2. The first kappa shape index (κ1) is 17.0. The first-order valence-electron chi connectivity index (χ1n) is 7.40. The average Bonchev–Trinajstić information content (AvgIpc) is 2.52. The van der Waals surface area contributed by atoms with Gasteiger partial charge in [0.05, 0.1) is 4.87 Å². The summed E-state index contributed by atoms with van der Waals surface area (Å²) >= 11 is 12.7. The van der Waals surface area contributed by atoms with E-state index in [9.17, 15) is 10.2 Å². The quantitative estimate of drug-likeness (QED) is 0.525. The zero-order chi connectivity index (χ0) is 16.0. The lowest BCUT2D eigenvalue weighted by atomic mass is 9.85. The molecule has 0 atom stereocenters. The molecule has 2 aromatic rings. The maximum atomic E-state index is 9.48. The molecule has 0 aromatic heterocycles. The van der Waals surface area contributed by atoms with E-state index in [0.717, 1.165) is 36.8 Å². The van der Waals surface area contributed by atoms with Crippen molar-refractivity contribution in [2.45, 2.75) is 30.6 Å². The van der Waals surface area contributed by atoms with Gasteiger partial charge in [-0.05, 0) is 48.2 Å². The van der Waals surface area contributed by atoms with Crippen LogP contribution in [0.15, 0.2) is 48.5 Å². The van der Waals surface area contributed by atoms with Gasteiger partial charge in [-0.15, -0.1) is 23.2 Å². The first-order valence-corrected chi connectivity index (χ1v) is 8.31. The molecule has 0 unspecified atom stereocenters. The molecule has 0 radical (unpaired) electrons. The Labute approximate surface area is 141 Å². The molecule has 118 valence electrons. The highest BCUT2D eigenvalue weighted by molar-refractivity contribution is 6.26. The van der Waals surface area contributed by atoms with E-state index in [2.05, 4.69) is 0 Å². The van der Waals surface area contributed by atoms with Gasteiger partial charge in [0.1, 0.15) is 11.5 Å². The van der Waals surface area contributed by atoms with Gasteiger partial charge in [-0.25, -0.2) is 0 Å². The summed E-state index contributed by atoms with van der Waals surface area (Å²) in [5.41, 5.74) is 1.87. The maximum absolute atomic E-state index is 9.48. The second-order valence-corrected chi connectivity index (χ2v) is 6.42. The Morgan fingerprint density at radius 3 is 1.59 bits per heavy atom. The summed E-state index contributed by atoms with van der Waals surface area (Å²) in [5.74, 6) is 1.10. The molecule has 0 bridgehead atoms. The molecular weight excluding hydrogens is 319 g/mol. The summed E-state index contributed by atoms with van der Waals surface area (Å²) in [7, 11) is 0. The van der Waals surface area contributed by atoms with Gasteiger partial charge in [-0.3, -0.25) is 0 Å². The molecule has 2 rings (SSSR count). The highest BCUT2D eigenvalue weighted by Crippen LogP contribution is 2.42. The highest BCUT2D eigenvalue weighted by Gasteiger charge is 2.31. The van der Waals surface area contributed by atoms with E-state index in [1.54, 1.807) is 24.3 Å². The van der Waals surface area contributed by atoms with Crippen LogP contribution in [0.1, 0.15) is 36.8 Å². The molecule has 0 saturated carbocycles. The normalized spacial score (nSPS) is 11.5. The van der Waals surface area contributed by atoms with Gasteiger partial charge in [-0.2, -0.15) is 0 Å². The maximum Gasteiger partial charge on any atom is 0.115 e. The predicted octanol–water partition coefficient (Wildman–Crippen LogP) is 5.38. The number of unbranched alkanes of at least 4 members (excludes halogenated alkanes) is 2. The number of hydrogen-bond donors (Lipinski definition) is 2. The Morgan fingerprint density at radius 2 is 1.18 bits per heavy atom. The Hall–Kier alpha value is -1.38. The number of phenolic OH excluding ortho intramolecular Hbond substituents is 2. The lowest BCUT2D eigenvalue weighted by Crippen LogP contribution is -2.20. The number of phenols is 2. The van der Waals surface area contributed by atoms with Crippen LogP contribution in [-0.4, -0.2) is 16.1 Å². The van der Waals surface area contributed by atoms with Gasteiger partial charge in [0.25, 0.3) is 0 Å². The van der Waals surface area contributed by atoms with Gasteiger partial charge in [-0.1, -0.05) is 37.1 Å². The third kappa shape index (κ3) is 4.08. The summed E-state index contributed by atoms with van der Waals surface area (Å²) in [6.45, 7) is 0. The minimum absolute atomic E-state index is 0.218. The van der Waals surface area contributed by atoms with Crippen molar-refractivity contribution < 1.29 is 10.2 Å². The Bertz CT molecular complexity index is 534. The Kier molecular flexibility index (Phi) is 5.98. The first-order chi connectivity index (χ1) is 10.6. The molecule has 2 nitrogen and oxygen atoms in total. The molecule has 0 saturated heterocycles. The fourth-order valence-corrected chi connectivity index (χ4v) is 3.12. The summed E-state index contributed by atoms with van der Waals surface area (Å²) in [4.78, 5) is -0.673. The third-order valence-electron chi connectivity index (χ3n) is 3.80. The summed E-state index contributed by atoms with van der Waals surface area (Å²) < 4.78 is 0. The van der Waals surface area contributed by atoms with Crippen LogP contribution in [0.25, 0.3) is 0 Å². The van der Waals surface area contributed by atoms with E-state index in [4.69, 9.17) is 23.2 Å². The molecular formula is C18H20Cl2O2. The van der Waals surface area contributed by atoms with Crippen LogP contribution in [0.5, 0.6) is 11.5 Å². The molecule has 4 heteroatoms. The van der Waals surface area contributed by atoms with E-state index in [1.807, 2.05) is 24.3 Å². The number of benzene rings is 2. The van der Waals surface area contributed by atoms with Crippen LogP contribution < -0.4 is 0 Å². The average molecular weight is 339 g/mol. The van der Waals surface area contributed by atoms with E-state index in [1.165, 1.54) is 0 Å². The molecule has 0 aliphatic rings. The molecule has 0 spiro atoms. The third-order valence-corrected chi connectivity index (χ3v) is 4.70. The second-order valence-electron chi connectivity index (χ2n) is 5.39. The highest BCUT2D eigenvalue weighted by atomic mass is 35.5. The Balaban J connectivity index is 2.30. The monoisotopic (exact) mass is 338 g/mol. The van der Waals surface area contributed by atoms with Crippen molar-refractivity contribution in [2.75, 3.05) is 5.88 Å². The summed E-state index contributed by atoms with van der Waals surface area (Å²) in [6.07, 6.45) is 3.72. The molecule has 22 heavy (non-hydrogen) atoms. The van der Waals surface area contributed by atoms with Gasteiger partial charge in [0.15, 0.2) is 0 Å². The number of hydrogen-bond acceptors (Lipinski definition) is 2. The topological polar surface area (TPSA) is 40.5 Å². The van der Waals surface area contributed by atoms with E-state index in [-0.39, 0.29) is 11.5 Å². The minimum Gasteiger partial charge on any atom is -0.508 e. The molecule has 2 N–H and O–H groups in total. The number of rotatable bonds is 7. The van der Waals surface area contributed by atoms with Gasteiger partial charge in [0.2, 0.25) is 0 Å². The number of halogens is 2. The predicted molar refractivity (Wildman–Crippen MR) is 92.0 cm³/mol. The van der Waals surface area contributed by atoms with E-state index < -0.39 is 4.87 Å². The lowest BCUT2D eigenvalue weighted by molar-refractivity contribution is 0.474. The SMILES string of the molecule is Oc1ccc(C(Cl)(CCCCCCl)c2ccc(O)cc2)cc1. The van der Waals surface area contributed by atoms with Crippen LogP contribution in [0.4, 0.5) is 0 Å². The van der Waals surface area contributed by atoms with Gasteiger partial charge >= 0.3 is 0 Å². The van der Waals surface area contributed by atoms with Crippen molar-refractivity contribution in [3.63, 3.8) is 0 Å². The second kappa shape index (κ2) is 7.75. The van der Waals surface area contributed by atoms with E-state index >= 15 is 0 Å². The summed E-state index contributed by atoms with van der Waals surface area (Å²) in [6, 6.07) is 14.0. The smallest absolute Gasteiger partial charge is 0.115 e. The van der Waals surface area contributed by atoms with Crippen molar-refractivity contribution in [2.24, 2.45) is 0 Å². The van der Waals surface area contributed by atoms with Crippen molar-refractivity contribution in [1.82, 2.24) is 0 Å². The molecule has 0 fully saturated rings. The van der Waals surface area contributed by atoms with E-state index in [0.29, 0.717) is 5.88 Å². The number of aromatic hydroxyl groups is 2. The molecule has 0 aliphatic heterocycles. The van der Waals surface area contributed by atoms with Gasteiger partial charge in [0, 0.05) is 5.88 Å². The van der Waals surface area contributed by atoms with Crippen LogP contribution in [-0.2, 0) is 4.87 Å². The molecule has 0 amide bonds. The zero-order valence-corrected chi connectivity index (χ0v) is 13.8. The van der Waals surface area contributed by atoms with Crippen molar-refractivity contribution >= 4 is 23.2 Å². The minimum atomic E-state index is -0.673. The fraction of sp³-hybridized carbons (Fsp3) is 0.333. The van der Waals surface area contributed by atoms with Crippen LogP contribution >= 0.6 is 23.2 Å². The number of alkyl halides is 2. The van der Waals surface area contributed by atoms with Crippen LogP contribution in [0.3, 0.4) is 0 Å². The summed E-state index contributed by atoms with van der Waals surface area (Å²) in [5, 5.41) is 19.0.